The van der Waals surface area contributed by atoms with Crippen molar-refractivity contribution in [3.8, 4) is 0 Å². The molecule has 2 aliphatic rings. The Morgan fingerprint density at radius 1 is 1.10 bits per heavy atom. The number of hydrogen-bond acceptors (Lipinski definition) is 2. The normalized spacial score (nSPS) is 22.2. The molecule has 1 aliphatic heterocycles. The van der Waals surface area contributed by atoms with Crippen molar-refractivity contribution in [1.82, 2.24) is 4.90 Å². The molecule has 0 aromatic heterocycles. The fourth-order valence-electron chi connectivity index (χ4n) is 3.96. The summed E-state index contributed by atoms with van der Waals surface area (Å²) in [6.45, 7) is 7.61. The average Bonchev–Trinajstić information content (AvgIpc) is 2.91. The molecular formula is C18H28N2. The van der Waals surface area contributed by atoms with E-state index in [0.717, 1.165) is 19.6 Å². The summed E-state index contributed by atoms with van der Waals surface area (Å²) in [4.78, 5) is 2.55. The zero-order chi connectivity index (χ0) is 14.2. The van der Waals surface area contributed by atoms with Gasteiger partial charge in [-0.25, -0.2) is 0 Å². The Labute approximate surface area is 123 Å². The number of fused-ring (bicyclic) bond motifs is 1. The summed E-state index contributed by atoms with van der Waals surface area (Å²) >= 11 is 0. The molecule has 1 aromatic rings. The van der Waals surface area contributed by atoms with Gasteiger partial charge in [0.15, 0.2) is 0 Å². The van der Waals surface area contributed by atoms with Crippen molar-refractivity contribution in [2.45, 2.75) is 70.5 Å². The van der Waals surface area contributed by atoms with Gasteiger partial charge in [-0.2, -0.15) is 0 Å². The van der Waals surface area contributed by atoms with E-state index in [2.05, 4.69) is 36.9 Å². The molecule has 0 bridgehead atoms. The Hall–Kier alpha value is -0.860. The van der Waals surface area contributed by atoms with Crippen molar-refractivity contribution in [2.24, 2.45) is 5.73 Å². The van der Waals surface area contributed by atoms with E-state index >= 15 is 0 Å². The van der Waals surface area contributed by atoms with Crippen LogP contribution in [0.1, 0.15) is 62.6 Å². The zero-order valence-corrected chi connectivity index (χ0v) is 13.0. The minimum atomic E-state index is 0.262. The number of hydrogen-bond donors (Lipinski definition) is 1. The lowest BCUT2D eigenvalue weighted by atomic mass is 9.69. The highest BCUT2D eigenvalue weighted by Crippen LogP contribution is 2.40. The van der Waals surface area contributed by atoms with Gasteiger partial charge in [-0.05, 0) is 43.4 Å². The van der Waals surface area contributed by atoms with E-state index in [9.17, 15) is 0 Å². The molecule has 1 saturated carbocycles. The zero-order valence-electron chi connectivity index (χ0n) is 13.0. The first-order valence-electron chi connectivity index (χ1n) is 8.21. The van der Waals surface area contributed by atoms with E-state index in [1.807, 2.05) is 0 Å². The highest BCUT2D eigenvalue weighted by Gasteiger charge is 2.33. The quantitative estimate of drug-likeness (QED) is 0.911. The predicted molar refractivity (Wildman–Crippen MR) is 84.6 cm³/mol. The Morgan fingerprint density at radius 2 is 1.80 bits per heavy atom. The molecule has 1 heterocycles. The maximum absolute atomic E-state index is 6.18. The van der Waals surface area contributed by atoms with Crippen LogP contribution in [-0.4, -0.2) is 17.5 Å². The third-order valence-corrected chi connectivity index (χ3v) is 5.50. The Kier molecular flexibility index (Phi) is 3.87. The second-order valence-corrected chi connectivity index (χ2v) is 7.03. The molecule has 0 unspecified atom stereocenters. The first-order chi connectivity index (χ1) is 9.64. The van der Waals surface area contributed by atoms with Crippen LogP contribution in [0.5, 0.6) is 0 Å². The van der Waals surface area contributed by atoms with E-state index < -0.39 is 0 Å². The molecule has 110 valence electrons. The van der Waals surface area contributed by atoms with Crippen molar-refractivity contribution in [3.05, 3.63) is 34.9 Å². The molecule has 3 rings (SSSR count). The SMILES string of the molecule is CC(C)N1Cc2ccc(C3(CN)CCCCC3)cc2C1. The average molecular weight is 272 g/mol. The Bertz CT molecular complexity index is 472. The lowest BCUT2D eigenvalue weighted by Gasteiger charge is -2.37. The molecule has 0 radical (unpaired) electrons. The van der Waals surface area contributed by atoms with Gasteiger partial charge in [0.05, 0.1) is 0 Å². The smallest absolute Gasteiger partial charge is 0.0243 e. The molecule has 0 saturated heterocycles. The number of nitrogens with two attached hydrogens (primary N) is 1. The second kappa shape index (κ2) is 5.50. The van der Waals surface area contributed by atoms with E-state index in [0.29, 0.717) is 6.04 Å². The van der Waals surface area contributed by atoms with Gasteiger partial charge in [0, 0.05) is 31.1 Å². The fourth-order valence-corrected chi connectivity index (χ4v) is 3.96. The topological polar surface area (TPSA) is 29.3 Å². The first-order valence-corrected chi connectivity index (χ1v) is 8.21. The van der Waals surface area contributed by atoms with Gasteiger partial charge in [0.2, 0.25) is 0 Å². The predicted octanol–water partition coefficient (Wildman–Crippen LogP) is 3.57. The summed E-state index contributed by atoms with van der Waals surface area (Å²) in [6.07, 6.45) is 6.61. The maximum atomic E-state index is 6.18. The maximum Gasteiger partial charge on any atom is 0.0243 e. The Balaban J connectivity index is 1.88. The highest BCUT2D eigenvalue weighted by molar-refractivity contribution is 5.39. The largest absolute Gasteiger partial charge is 0.330 e. The molecule has 1 fully saturated rings. The van der Waals surface area contributed by atoms with E-state index in [-0.39, 0.29) is 5.41 Å². The lowest BCUT2D eigenvalue weighted by molar-refractivity contribution is 0.227. The van der Waals surface area contributed by atoms with Gasteiger partial charge in [-0.1, -0.05) is 37.5 Å². The van der Waals surface area contributed by atoms with Crippen LogP contribution in [0, 0.1) is 0 Å². The molecule has 2 heteroatoms. The second-order valence-electron chi connectivity index (χ2n) is 7.03. The monoisotopic (exact) mass is 272 g/mol. The van der Waals surface area contributed by atoms with Crippen LogP contribution in [0.25, 0.3) is 0 Å². The van der Waals surface area contributed by atoms with E-state index in [1.54, 1.807) is 0 Å². The van der Waals surface area contributed by atoms with Crippen LogP contribution in [0.4, 0.5) is 0 Å². The summed E-state index contributed by atoms with van der Waals surface area (Å²) in [5.74, 6) is 0. The molecule has 2 N–H and O–H groups in total. The number of nitrogens with zero attached hydrogens (tertiary/aromatic N) is 1. The van der Waals surface area contributed by atoms with Crippen molar-refractivity contribution >= 4 is 0 Å². The van der Waals surface area contributed by atoms with Gasteiger partial charge in [-0.15, -0.1) is 0 Å². The summed E-state index contributed by atoms with van der Waals surface area (Å²) in [6, 6.07) is 7.82. The minimum Gasteiger partial charge on any atom is -0.330 e. The van der Waals surface area contributed by atoms with E-state index in [4.69, 9.17) is 5.73 Å². The van der Waals surface area contributed by atoms with Crippen LogP contribution >= 0.6 is 0 Å². The van der Waals surface area contributed by atoms with Crippen molar-refractivity contribution in [1.29, 1.82) is 0 Å². The third-order valence-electron chi connectivity index (χ3n) is 5.50. The van der Waals surface area contributed by atoms with Gasteiger partial charge < -0.3 is 5.73 Å². The molecule has 0 spiro atoms. The van der Waals surface area contributed by atoms with Crippen LogP contribution in [0.3, 0.4) is 0 Å². The molecular weight excluding hydrogens is 244 g/mol. The van der Waals surface area contributed by atoms with Crippen LogP contribution in [-0.2, 0) is 18.5 Å². The molecule has 0 amide bonds. The highest BCUT2D eigenvalue weighted by atomic mass is 15.2. The summed E-state index contributed by atoms with van der Waals surface area (Å²) < 4.78 is 0. The van der Waals surface area contributed by atoms with Crippen molar-refractivity contribution in [2.75, 3.05) is 6.54 Å². The summed E-state index contributed by atoms with van der Waals surface area (Å²) in [5.41, 5.74) is 11.0. The molecule has 1 aliphatic carbocycles. The molecule has 20 heavy (non-hydrogen) atoms. The molecule has 0 atom stereocenters. The van der Waals surface area contributed by atoms with Crippen LogP contribution in [0.2, 0.25) is 0 Å². The summed E-state index contributed by atoms with van der Waals surface area (Å²) in [5, 5.41) is 0. The fraction of sp³-hybridized carbons (Fsp3) is 0.667. The van der Waals surface area contributed by atoms with Crippen molar-refractivity contribution < 1.29 is 0 Å². The Morgan fingerprint density at radius 3 is 2.45 bits per heavy atom. The first kappa shape index (κ1) is 14.1. The van der Waals surface area contributed by atoms with Gasteiger partial charge in [0.1, 0.15) is 0 Å². The molecule has 2 nitrogen and oxygen atoms in total. The van der Waals surface area contributed by atoms with Crippen molar-refractivity contribution in [3.63, 3.8) is 0 Å². The number of rotatable bonds is 3. The van der Waals surface area contributed by atoms with Gasteiger partial charge in [0.25, 0.3) is 0 Å². The summed E-state index contributed by atoms with van der Waals surface area (Å²) in [7, 11) is 0. The van der Waals surface area contributed by atoms with Crippen LogP contribution in [0.15, 0.2) is 18.2 Å². The van der Waals surface area contributed by atoms with Crippen LogP contribution < -0.4 is 5.73 Å². The third kappa shape index (κ3) is 2.40. The van der Waals surface area contributed by atoms with Gasteiger partial charge >= 0.3 is 0 Å². The minimum absolute atomic E-state index is 0.262. The lowest BCUT2D eigenvalue weighted by Crippen LogP contribution is -2.37. The standard InChI is InChI=1S/C18H28N2/c1-14(2)20-11-15-6-7-17(10-16(15)12-20)18(13-19)8-4-3-5-9-18/h6-7,10,14H,3-5,8-9,11-13,19H2,1-2H3. The van der Waals surface area contributed by atoms with Gasteiger partial charge in [-0.3, -0.25) is 4.90 Å². The molecule has 1 aromatic carbocycles. The number of benzene rings is 1. The van der Waals surface area contributed by atoms with E-state index in [1.165, 1.54) is 48.8 Å².